The Bertz CT molecular complexity index is 649. The SMILES string of the molecule is CN(C)Cc1ccc([C@H]2CCCCN2C(=O)Cn2ccnc2)cc1. The maximum atomic E-state index is 12.7. The number of carbonyl (C=O) groups excluding carboxylic acids is 1. The summed E-state index contributed by atoms with van der Waals surface area (Å²) in [6.45, 7) is 2.15. The van der Waals surface area contributed by atoms with Gasteiger partial charge < -0.3 is 14.4 Å². The van der Waals surface area contributed by atoms with Crippen molar-refractivity contribution in [3.63, 3.8) is 0 Å². The number of carbonyl (C=O) groups is 1. The van der Waals surface area contributed by atoms with Crippen LogP contribution in [0, 0.1) is 0 Å². The molecule has 5 heteroatoms. The lowest BCUT2D eigenvalue weighted by Crippen LogP contribution is -2.40. The van der Waals surface area contributed by atoms with E-state index in [-0.39, 0.29) is 11.9 Å². The molecule has 0 unspecified atom stereocenters. The Morgan fingerprint density at radius 1 is 1.25 bits per heavy atom. The molecule has 2 heterocycles. The van der Waals surface area contributed by atoms with Gasteiger partial charge in [0.15, 0.2) is 0 Å². The first-order chi connectivity index (χ1) is 11.6. The fourth-order valence-electron chi connectivity index (χ4n) is 3.41. The first-order valence-electron chi connectivity index (χ1n) is 8.62. The Morgan fingerprint density at radius 3 is 2.71 bits per heavy atom. The molecule has 0 N–H and O–H groups in total. The predicted molar refractivity (Wildman–Crippen MR) is 94.4 cm³/mol. The fraction of sp³-hybridized carbons (Fsp3) is 0.474. The Hall–Kier alpha value is -2.14. The molecule has 1 atom stereocenters. The molecule has 1 aromatic heterocycles. The zero-order chi connectivity index (χ0) is 16.9. The van der Waals surface area contributed by atoms with Crippen LogP contribution < -0.4 is 0 Å². The monoisotopic (exact) mass is 326 g/mol. The number of benzene rings is 1. The standard InChI is InChI=1S/C19H26N4O/c1-21(2)13-16-6-8-17(9-7-16)18-5-3-4-11-23(18)19(24)14-22-12-10-20-15-22/h6-10,12,15,18H,3-5,11,13-14H2,1-2H3/t18-/m1/s1. The molecule has 24 heavy (non-hydrogen) atoms. The van der Waals surface area contributed by atoms with Crippen molar-refractivity contribution in [3.8, 4) is 0 Å². The van der Waals surface area contributed by atoms with E-state index in [0.717, 1.165) is 25.9 Å². The number of likely N-dealkylation sites (tertiary alicyclic amines) is 1. The number of hydrogen-bond acceptors (Lipinski definition) is 3. The van der Waals surface area contributed by atoms with Gasteiger partial charge in [-0.15, -0.1) is 0 Å². The molecule has 5 nitrogen and oxygen atoms in total. The number of aromatic nitrogens is 2. The van der Waals surface area contributed by atoms with Crippen molar-refractivity contribution in [2.75, 3.05) is 20.6 Å². The number of piperidine rings is 1. The summed E-state index contributed by atoms with van der Waals surface area (Å²) in [5.74, 6) is 0.176. The third-order valence-corrected chi connectivity index (χ3v) is 4.56. The molecule has 3 rings (SSSR count). The van der Waals surface area contributed by atoms with Gasteiger partial charge in [0.2, 0.25) is 5.91 Å². The molecule has 1 fully saturated rings. The van der Waals surface area contributed by atoms with Crippen LogP contribution in [0.4, 0.5) is 0 Å². The highest BCUT2D eigenvalue weighted by Crippen LogP contribution is 2.31. The topological polar surface area (TPSA) is 41.4 Å². The fourth-order valence-corrected chi connectivity index (χ4v) is 3.41. The van der Waals surface area contributed by atoms with E-state index in [1.165, 1.54) is 17.5 Å². The maximum Gasteiger partial charge on any atom is 0.243 e. The van der Waals surface area contributed by atoms with Crippen LogP contribution in [0.25, 0.3) is 0 Å². The first kappa shape index (κ1) is 16.7. The number of amides is 1. The van der Waals surface area contributed by atoms with Gasteiger partial charge in [0.25, 0.3) is 0 Å². The summed E-state index contributed by atoms with van der Waals surface area (Å²) in [5.41, 5.74) is 2.55. The van der Waals surface area contributed by atoms with Crippen molar-refractivity contribution in [1.82, 2.24) is 19.4 Å². The van der Waals surface area contributed by atoms with Crippen LogP contribution in [0.15, 0.2) is 43.0 Å². The molecule has 0 bridgehead atoms. The smallest absolute Gasteiger partial charge is 0.243 e. The van der Waals surface area contributed by atoms with Crippen LogP contribution in [0.1, 0.15) is 36.4 Å². The van der Waals surface area contributed by atoms with E-state index in [2.05, 4.69) is 48.2 Å². The van der Waals surface area contributed by atoms with Crippen molar-refractivity contribution >= 4 is 5.91 Å². The number of rotatable bonds is 5. The molecule has 1 aromatic carbocycles. The summed E-state index contributed by atoms with van der Waals surface area (Å²) in [5, 5.41) is 0. The molecule has 0 spiro atoms. The zero-order valence-corrected chi connectivity index (χ0v) is 14.6. The molecule has 1 aliphatic heterocycles. The van der Waals surface area contributed by atoms with Crippen LogP contribution >= 0.6 is 0 Å². The van der Waals surface area contributed by atoms with Crippen molar-refractivity contribution in [2.45, 2.75) is 38.4 Å². The van der Waals surface area contributed by atoms with Gasteiger partial charge in [-0.2, -0.15) is 0 Å². The summed E-state index contributed by atoms with van der Waals surface area (Å²) in [6, 6.07) is 8.94. The van der Waals surface area contributed by atoms with Crippen molar-refractivity contribution in [1.29, 1.82) is 0 Å². The van der Waals surface area contributed by atoms with Crippen molar-refractivity contribution < 1.29 is 4.79 Å². The lowest BCUT2D eigenvalue weighted by Gasteiger charge is -2.36. The highest BCUT2D eigenvalue weighted by Gasteiger charge is 2.27. The molecule has 0 saturated carbocycles. The third-order valence-electron chi connectivity index (χ3n) is 4.56. The molecule has 1 amide bonds. The lowest BCUT2D eigenvalue weighted by atomic mass is 9.94. The average molecular weight is 326 g/mol. The number of hydrogen-bond donors (Lipinski definition) is 0. The average Bonchev–Trinajstić information content (AvgIpc) is 3.08. The molecule has 128 valence electrons. The summed E-state index contributed by atoms with van der Waals surface area (Å²) >= 11 is 0. The molecule has 2 aromatic rings. The highest BCUT2D eigenvalue weighted by atomic mass is 16.2. The summed E-state index contributed by atoms with van der Waals surface area (Å²) < 4.78 is 1.84. The van der Waals surface area contributed by atoms with E-state index in [0.29, 0.717) is 6.54 Å². The molecule has 1 saturated heterocycles. The van der Waals surface area contributed by atoms with Gasteiger partial charge >= 0.3 is 0 Å². The van der Waals surface area contributed by atoms with Gasteiger partial charge in [0.1, 0.15) is 6.54 Å². The Kier molecular flexibility index (Phi) is 5.30. The second-order valence-electron chi connectivity index (χ2n) is 6.81. The van der Waals surface area contributed by atoms with Crippen LogP contribution in [0.3, 0.4) is 0 Å². The van der Waals surface area contributed by atoms with Crippen LogP contribution in [0.5, 0.6) is 0 Å². The maximum absolute atomic E-state index is 12.7. The van der Waals surface area contributed by atoms with Gasteiger partial charge in [-0.25, -0.2) is 4.98 Å². The van der Waals surface area contributed by atoms with Gasteiger partial charge in [-0.05, 0) is 44.5 Å². The van der Waals surface area contributed by atoms with E-state index in [9.17, 15) is 4.79 Å². The summed E-state index contributed by atoms with van der Waals surface area (Å²) in [7, 11) is 4.15. The minimum atomic E-state index is 0.176. The van der Waals surface area contributed by atoms with E-state index >= 15 is 0 Å². The quantitative estimate of drug-likeness (QED) is 0.848. The molecular formula is C19H26N4O. The first-order valence-corrected chi connectivity index (χ1v) is 8.62. The van der Waals surface area contributed by atoms with Crippen LogP contribution in [-0.2, 0) is 17.9 Å². The normalized spacial score (nSPS) is 18.1. The van der Waals surface area contributed by atoms with Gasteiger partial charge in [0, 0.05) is 25.5 Å². The summed E-state index contributed by atoms with van der Waals surface area (Å²) in [4.78, 5) is 21.0. The second kappa shape index (κ2) is 7.62. The van der Waals surface area contributed by atoms with E-state index < -0.39 is 0 Å². The van der Waals surface area contributed by atoms with Crippen molar-refractivity contribution in [3.05, 3.63) is 54.1 Å². The molecule has 0 aliphatic carbocycles. The third kappa shape index (κ3) is 4.03. The van der Waals surface area contributed by atoms with Gasteiger partial charge in [0.05, 0.1) is 12.4 Å². The van der Waals surface area contributed by atoms with E-state index in [1.807, 2.05) is 15.7 Å². The molecule has 0 radical (unpaired) electrons. The van der Waals surface area contributed by atoms with Gasteiger partial charge in [-0.3, -0.25) is 4.79 Å². The Morgan fingerprint density at radius 2 is 2.04 bits per heavy atom. The molecular weight excluding hydrogens is 300 g/mol. The Balaban J connectivity index is 1.72. The van der Waals surface area contributed by atoms with Crippen LogP contribution in [0.2, 0.25) is 0 Å². The predicted octanol–water partition coefficient (Wildman–Crippen LogP) is 2.70. The highest BCUT2D eigenvalue weighted by molar-refractivity contribution is 5.76. The Labute approximate surface area is 143 Å². The van der Waals surface area contributed by atoms with E-state index in [4.69, 9.17) is 0 Å². The van der Waals surface area contributed by atoms with Gasteiger partial charge in [-0.1, -0.05) is 24.3 Å². The lowest BCUT2D eigenvalue weighted by molar-refractivity contribution is -0.135. The zero-order valence-electron chi connectivity index (χ0n) is 14.6. The minimum absolute atomic E-state index is 0.176. The minimum Gasteiger partial charge on any atom is -0.334 e. The second-order valence-corrected chi connectivity index (χ2v) is 6.81. The van der Waals surface area contributed by atoms with E-state index in [1.54, 1.807) is 12.5 Å². The van der Waals surface area contributed by atoms with Crippen LogP contribution in [-0.4, -0.2) is 45.9 Å². The van der Waals surface area contributed by atoms with Crippen molar-refractivity contribution in [2.24, 2.45) is 0 Å². The number of imidazole rings is 1. The summed E-state index contributed by atoms with van der Waals surface area (Å²) in [6.07, 6.45) is 8.57. The largest absolute Gasteiger partial charge is 0.334 e. The number of nitrogens with zero attached hydrogens (tertiary/aromatic N) is 4. The molecule has 1 aliphatic rings.